The fourth-order valence-corrected chi connectivity index (χ4v) is 4.90. The molecule has 0 radical (unpaired) electrons. The summed E-state index contributed by atoms with van der Waals surface area (Å²) in [5, 5.41) is 0. The molecule has 0 spiro atoms. The molecule has 0 aromatic heterocycles. The number of rotatable bonds is 5. The molecule has 1 fully saturated rings. The lowest BCUT2D eigenvalue weighted by molar-refractivity contribution is 0.361. The van der Waals surface area contributed by atoms with Crippen molar-refractivity contribution < 1.29 is 22.3 Å². The molecular weight excluding hydrogens is 345 g/mol. The lowest BCUT2D eigenvalue weighted by atomic mass is 10.0. The van der Waals surface area contributed by atoms with Crippen LogP contribution in [0.4, 0.5) is 4.39 Å². The molecule has 2 aromatic rings. The Bertz CT molecular complexity index is 869. The van der Waals surface area contributed by atoms with Crippen molar-refractivity contribution >= 4 is 10.0 Å². The van der Waals surface area contributed by atoms with Crippen molar-refractivity contribution in [1.29, 1.82) is 0 Å². The van der Waals surface area contributed by atoms with Gasteiger partial charge in [-0.2, -0.15) is 4.31 Å². The van der Waals surface area contributed by atoms with Crippen molar-refractivity contribution in [2.75, 3.05) is 20.8 Å². The molecule has 0 N–H and O–H groups in total. The predicted molar refractivity (Wildman–Crippen MR) is 91.8 cm³/mol. The standard InChI is InChI=1S/C18H20FNO4S/c1-23-14-8-9-16(18(12-14)24-2)17-7-4-10-20(17)25(21,22)15-6-3-5-13(19)11-15/h3,5-6,8-9,11-12,17H,4,7,10H2,1-2H3. The molecule has 1 atom stereocenters. The maximum absolute atomic E-state index is 13.5. The van der Waals surface area contributed by atoms with Crippen molar-refractivity contribution in [2.45, 2.75) is 23.8 Å². The first kappa shape index (κ1) is 17.7. The summed E-state index contributed by atoms with van der Waals surface area (Å²) in [5.41, 5.74) is 0.778. The van der Waals surface area contributed by atoms with E-state index < -0.39 is 15.8 Å². The van der Waals surface area contributed by atoms with E-state index in [-0.39, 0.29) is 10.9 Å². The molecule has 1 aliphatic rings. The number of halogens is 1. The first-order valence-electron chi connectivity index (χ1n) is 7.96. The fraction of sp³-hybridized carbons (Fsp3) is 0.333. The molecule has 0 amide bonds. The lowest BCUT2D eigenvalue weighted by Crippen LogP contribution is -2.31. The molecule has 25 heavy (non-hydrogen) atoms. The van der Waals surface area contributed by atoms with Crippen molar-refractivity contribution in [1.82, 2.24) is 4.31 Å². The highest BCUT2D eigenvalue weighted by Gasteiger charge is 2.37. The molecule has 7 heteroatoms. The summed E-state index contributed by atoms with van der Waals surface area (Å²) in [4.78, 5) is -0.0353. The van der Waals surface area contributed by atoms with E-state index in [0.717, 1.165) is 18.1 Å². The van der Waals surface area contributed by atoms with Crippen LogP contribution in [0.1, 0.15) is 24.4 Å². The Labute approximate surface area is 147 Å². The smallest absolute Gasteiger partial charge is 0.243 e. The van der Waals surface area contributed by atoms with Gasteiger partial charge in [-0.25, -0.2) is 12.8 Å². The molecule has 2 aromatic carbocycles. The molecular formula is C18H20FNO4S. The third-order valence-corrected chi connectivity index (χ3v) is 6.31. The monoisotopic (exact) mass is 365 g/mol. The molecule has 1 unspecified atom stereocenters. The maximum Gasteiger partial charge on any atom is 0.243 e. The van der Waals surface area contributed by atoms with Crippen LogP contribution in [-0.2, 0) is 10.0 Å². The minimum absolute atomic E-state index is 0.0353. The van der Waals surface area contributed by atoms with Crippen LogP contribution in [0.15, 0.2) is 47.4 Å². The molecule has 1 heterocycles. The zero-order chi connectivity index (χ0) is 18.0. The summed E-state index contributed by atoms with van der Waals surface area (Å²) in [7, 11) is -0.692. The highest BCUT2D eigenvalue weighted by atomic mass is 32.2. The quantitative estimate of drug-likeness (QED) is 0.815. The second-order valence-electron chi connectivity index (χ2n) is 5.84. The Hall–Kier alpha value is -2.12. The molecule has 1 aliphatic heterocycles. The lowest BCUT2D eigenvalue weighted by Gasteiger charge is -2.26. The number of hydrogen-bond donors (Lipinski definition) is 0. The van der Waals surface area contributed by atoms with Crippen LogP contribution in [-0.4, -0.2) is 33.5 Å². The molecule has 1 saturated heterocycles. The number of nitrogens with zero attached hydrogens (tertiary/aromatic N) is 1. The summed E-state index contributed by atoms with van der Waals surface area (Å²) >= 11 is 0. The summed E-state index contributed by atoms with van der Waals surface area (Å²) in [5.74, 6) is 0.641. The topological polar surface area (TPSA) is 55.8 Å². The normalized spacial score (nSPS) is 18.3. The van der Waals surface area contributed by atoms with Crippen molar-refractivity contribution in [3.63, 3.8) is 0 Å². The molecule has 0 saturated carbocycles. The zero-order valence-corrected chi connectivity index (χ0v) is 14.9. The summed E-state index contributed by atoms with van der Waals surface area (Å²) in [6, 6.07) is 10.1. The third-order valence-electron chi connectivity index (χ3n) is 4.41. The van der Waals surface area contributed by atoms with Crippen LogP contribution in [0.3, 0.4) is 0 Å². The SMILES string of the molecule is COc1ccc(C2CCCN2S(=O)(=O)c2cccc(F)c2)c(OC)c1. The Morgan fingerprint density at radius 2 is 1.92 bits per heavy atom. The van der Waals surface area contributed by atoms with E-state index in [9.17, 15) is 12.8 Å². The Balaban J connectivity index is 2.01. The van der Waals surface area contributed by atoms with Gasteiger partial charge in [-0.1, -0.05) is 12.1 Å². The summed E-state index contributed by atoms with van der Waals surface area (Å²) < 4.78 is 51.5. The number of hydrogen-bond acceptors (Lipinski definition) is 4. The molecule has 0 aliphatic carbocycles. The van der Waals surface area contributed by atoms with E-state index >= 15 is 0 Å². The molecule has 3 rings (SSSR count). The van der Waals surface area contributed by atoms with Gasteiger partial charge in [0.05, 0.1) is 25.2 Å². The number of ether oxygens (including phenoxy) is 2. The van der Waals surface area contributed by atoms with Gasteiger partial charge in [0.1, 0.15) is 17.3 Å². The van der Waals surface area contributed by atoms with E-state index in [1.54, 1.807) is 26.4 Å². The number of methoxy groups -OCH3 is 2. The number of benzene rings is 2. The largest absolute Gasteiger partial charge is 0.497 e. The van der Waals surface area contributed by atoms with E-state index in [1.807, 2.05) is 6.07 Å². The Kier molecular flexibility index (Phi) is 4.96. The van der Waals surface area contributed by atoms with Gasteiger partial charge in [0.15, 0.2) is 0 Å². The van der Waals surface area contributed by atoms with Crippen LogP contribution in [0.2, 0.25) is 0 Å². The van der Waals surface area contributed by atoms with E-state index in [0.29, 0.717) is 24.5 Å². The van der Waals surface area contributed by atoms with Crippen molar-refractivity contribution in [3.8, 4) is 11.5 Å². The van der Waals surface area contributed by atoms with Crippen molar-refractivity contribution in [3.05, 3.63) is 53.8 Å². The van der Waals surface area contributed by atoms with Gasteiger partial charge < -0.3 is 9.47 Å². The van der Waals surface area contributed by atoms with Gasteiger partial charge >= 0.3 is 0 Å². The average Bonchev–Trinajstić information content (AvgIpc) is 3.11. The van der Waals surface area contributed by atoms with E-state index in [2.05, 4.69) is 0 Å². The minimum Gasteiger partial charge on any atom is -0.497 e. The van der Waals surface area contributed by atoms with Gasteiger partial charge in [-0.15, -0.1) is 0 Å². The molecule has 5 nitrogen and oxygen atoms in total. The van der Waals surface area contributed by atoms with Crippen LogP contribution < -0.4 is 9.47 Å². The zero-order valence-electron chi connectivity index (χ0n) is 14.1. The Morgan fingerprint density at radius 1 is 1.12 bits per heavy atom. The highest BCUT2D eigenvalue weighted by Crippen LogP contribution is 2.41. The van der Waals surface area contributed by atoms with Gasteiger partial charge in [0.25, 0.3) is 0 Å². The van der Waals surface area contributed by atoms with E-state index in [1.165, 1.54) is 22.5 Å². The third kappa shape index (κ3) is 3.34. The maximum atomic E-state index is 13.5. The van der Waals surface area contributed by atoms with Crippen LogP contribution >= 0.6 is 0 Å². The first-order valence-corrected chi connectivity index (χ1v) is 9.40. The second kappa shape index (κ2) is 7.01. The molecule has 0 bridgehead atoms. The molecule has 134 valence electrons. The van der Waals surface area contributed by atoms with E-state index in [4.69, 9.17) is 9.47 Å². The van der Waals surface area contributed by atoms with Crippen LogP contribution in [0.5, 0.6) is 11.5 Å². The second-order valence-corrected chi connectivity index (χ2v) is 7.73. The van der Waals surface area contributed by atoms with Crippen LogP contribution in [0.25, 0.3) is 0 Å². The van der Waals surface area contributed by atoms with Gasteiger partial charge in [-0.05, 0) is 37.1 Å². The van der Waals surface area contributed by atoms with Crippen molar-refractivity contribution in [2.24, 2.45) is 0 Å². The average molecular weight is 365 g/mol. The van der Waals surface area contributed by atoms with Gasteiger partial charge in [-0.3, -0.25) is 0 Å². The van der Waals surface area contributed by atoms with Gasteiger partial charge in [0, 0.05) is 18.2 Å². The first-order chi connectivity index (χ1) is 12.0. The predicted octanol–water partition coefficient (Wildman–Crippen LogP) is 3.37. The minimum atomic E-state index is -3.79. The van der Waals surface area contributed by atoms with Crippen LogP contribution in [0, 0.1) is 5.82 Å². The highest BCUT2D eigenvalue weighted by molar-refractivity contribution is 7.89. The number of sulfonamides is 1. The van der Waals surface area contributed by atoms with Gasteiger partial charge in [0.2, 0.25) is 10.0 Å². The summed E-state index contributed by atoms with van der Waals surface area (Å²) in [6.45, 7) is 0.388. The summed E-state index contributed by atoms with van der Waals surface area (Å²) in [6.07, 6.45) is 1.41. The Morgan fingerprint density at radius 3 is 2.60 bits per heavy atom. The fourth-order valence-electron chi connectivity index (χ4n) is 3.20.